The van der Waals surface area contributed by atoms with Crippen LogP contribution in [0.3, 0.4) is 0 Å². The Balaban J connectivity index is 1.80. The Morgan fingerprint density at radius 1 is 0.971 bits per heavy atom. The number of carboxylic acids is 1. The summed E-state index contributed by atoms with van der Waals surface area (Å²) in [6.45, 7) is 1.72. The average molecular weight is 519 g/mol. The molecule has 2 N–H and O–H groups in total. The van der Waals surface area contributed by atoms with Gasteiger partial charge < -0.3 is 10.4 Å². The second-order valence-electron chi connectivity index (χ2n) is 7.29. The molecule has 0 atom stereocenters. The van der Waals surface area contributed by atoms with Crippen molar-refractivity contribution in [2.75, 3.05) is 5.32 Å². The normalized spacial score (nSPS) is 10.9. The van der Waals surface area contributed by atoms with Crippen LogP contribution in [0.25, 0.3) is 16.9 Å². The van der Waals surface area contributed by atoms with Gasteiger partial charge in [0.25, 0.3) is 5.91 Å². The van der Waals surface area contributed by atoms with Crippen molar-refractivity contribution < 1.29 is 19.1 Å². The van der Waals surface area contributed by atoms with E-state index >= 15 is 0 Å². The van der Waals surface area contributed by atoms with Gasteiger partial charge in [0.05, 0.1) is 22.0 Å². The lowest BCUT2D eigenvalue weighted by molar-refractivity contribution is 0.0691. The predicted molar refractivity (Wildman–Crippen MR) is 130 cm³/mol. The van der Waals surface area contributed by atoms with Crippen LogP contribution in [0, 0.1) is 12.7 Å². The Morgan fingerprint density at radius 2 is 1.65 bits per heavy atom. The van der Waals surface area contributed by atoms with Gasteiger partial charge in [0.2, 0.25) is 0 Å². The van der Waals surface area contributed by atoms with Crippen LogP contribution in [0.5, 0.6) is 0 Å². The van der Waals surface area contributed by atoms with E-state index in [1.54, 1.807) is 49.4 Å². The van der Waals surface area contributed by atoms with Gasteiger partial charge in [-0.2, -0.15) is 5.10 Å². The Labute approximate surface area is 208 Å². The zero-order valence-electron chi connectivity index (χ0n) is 17.4. The van der Waals surface area contributed by atoms with E-state index in [4.69, 9.17) is 39.9 Å². The lowest BCUT2D eigenvalue weighted by Crippen LogP contribution is -2.15. The van der Waals surface area contributed by atoms with Gasteiger partial charge in [0, 0.05) is 26.9 Å². The lowest BCUT2D eigenvalue weighted by Gasteiger charge is -2.11. The largest absolute Gasteiger partial charge is 0.478 e. The molecule has 0 aliphatic heterocycles. The molecule has 0 fully saturated rings. The number of carbonyl (C=O) groups excluding carboxylic acids is 1. The number of hydrogen-bond donors (Lipinski definition) is 2. The summed E-state index contributed by atoms with van der Waals surface area (Å²) >= 11 is 18.5. The first-order valence-corrected chi connectivity index (χ1v) is 10.9. The molecular formula is C24H15Cl3FN3O3. The van der Waals surface area contributed by atoms with Gasteiger partial charge in [-0.25, -0.2) is 13.9 Å². The van der Waals surface area contributed by atoms with E-state index in [9.17, 15) is 14.0 Å². The maximum atomic E-state index is 14.1. The van der Waals surface area contributed by atoms with Crippen molar-refractivity contribution in [3.8, 4) is 16.9 Å². The fourth-order valence-corrected chi connectivity index (χ4v) is 4.06. The number of anilines is 1. The van der Waals surface area contributed by atoms with E-state index in [1.165, 1.54) is 10.7 Å². The SMILES string of the molecule is Cc1c(C(=O)Nc2ccc(C(=O)O)c(F)c2)nn(-c2ccc(Cl)cc2Cl)c1-c1ccc(Cl)cc1. The summed E-state index contributed by atoms with van der Waals surface area (Å²) in [7, 11) is 0. The minimum Gasteiger partial charge on any atom is -0.478 e. The second-order valence-corrected chi connectivity index (χ2v) is 8.57. The average Bonchev–Trinajstić information content (AvgIpc) is 3.11. The maximum Gasteiger partial charge on any atom is 0.338 e. The number of carbonyl (C=O) groups is 2. The third-order valence-electron chi connectivity index (χ3n) is 5.05. The summed E-state index contributed by atoms with van der Waals surface area (Å²) in [5, 5.41) is 17.3. The van der Waals surface area contributed by atoms with Crippen molar-refractivity contribution in [1.29, 1.82) is 0 Å². The van der Waals surface area contributed by atoms with Gasteiger partial charge in [-0.3, -0.25) is 4.79 Å². The summed E-state index contributed by atoms with van der Waals surface area (Å²) in [5.41, 5.74) is 2.01. The van der Waals surface area contributed by atoms with Gasteiger partial charge in [-0.1, -0.05) is 46.9 Å². The van der Waals surface area contributed by atoms with E-state index in [0.29, 0.717) is 32.0 Å². The number of aromatic nitrogens is 2. The summed E-state index contributed by atoms with van der Waals surface area (Å²) in [6, 6.07) is 15.2. The number of aromatic carboxylic acids is 1. The highest BCUT2D eigenvalue weighted by atomic mass is 35.5. The minimum atomic E-state index is -1.41. The Bertz CT molecular complexity index is 1440. The molecule has 3 aromatic carbocycles. The smallest absolute Gasteiger partial charge is 0.338 e. The first kappa shape index (κ1) is 23.8. The lowest BCUT2D eigenvalue weighted by atomic mass is 10.1. The van der Waals surface area contributed by atoms with Crippen LogP contribution in [0.1, 0.15) is 26.4 Å². The highest BCUT2D eigenvalue weighted by Gasteiger charge is 2.24. The minimum absolute atomic E-state index is 0.0682. The number of amides is 1. The highest BCUT2D eigenvalue weighted by molar-refractivity contribution is 6.35. The molecule has 0 unspecified atom stereocenters. The molecule has 0 saturated carbocycles. The summed E-state index contributed by atoms with van der Waals surface area (Å²) in [5.74, 6) is -2.99. The fraction of sp³-hybridized carbons (Fsp3) is 0.0417. The van der Waals surface area contributed by atoms with Crippen LogP contribution >= 0.6 is 34.8 Å². The quantitative estimate of drug-likeness (QED) is 0.301. The molecule has 10 heteroatoms. The molecule has 6 nitrogen and oxygen atoms in total. The predicted octanol–water partition coefficient (Wildman–Crippen LogP) is 6.90. The number of hydrogen-bond acceptors (Lipinski definition) is 3. The molecule has 34 heavy (non-hydrogen) atoms. The molecular weight excluding hydrogens is 504 g/mol. The van der Waals surface area contributed by atoms with Crippen molar-refractivity contribution in [1.82, 2.24) is 9.78 Å². The molecule has 0 aliphatic carbocycles. The van der Waals surface area contributed by atoms with Crippen molar-refractivity contribution in [2.24, 2.45) is 0 Å². The van der Waals surface area contributed by atoms with E-state index in [-0.39, 0.29) is 11.4 Å². The van der Waals surface area contributed by atoms with Crippen molar-refractivity contribution in [2.45, 2.75) is 6.92 Å². The zero-order valence-corrected chi connectivity index (χ0v) is 19.7. The molecule has 4 aromatic rings. The number of rotatable bonds is 5. The van der Waals surface area contributed by atoms with Crippen LogP contribution in [-0.4, -0.2) is 26.8 Å². The van der Waals surface area contributed by atoms with E-state index < -0.39 is 23.3 Å². The number of carboxylic acid groups (broad SMARTS) is 1. The Hall–Kier alpha value is -3.39. The van der Waals surface area contributed by atoms with Crippen LogP contribution < -0.4 is 5.32 Å². The third-order valence-corrected chi connectivity index (χ3v) is 5.84. The van der Waals surface area contributed by atoms with E-state index in [1.807, 2.05) is 0 Å². The van der Waals surface area contributed by atoms with Gasteiger partial charge >= 0.3 is 5.97 Å². The molecule has 0 bridgehead atoms. The van der Waals surface area contributed by atoms with Crippen LogP contribution in [0.15, 0.2) is 60.7 Å². The molecule has 1 heterocycles. The molecule has 0 aliphatic rings. The third kappa shape index (κ3) is 4.63. The monoisotopic (exact) mass is 517 g/mol. The standard InChI is InChI=1S/C24H15Cl3FN3O3/c1-12-21(23(32)29-16-7-8-17(24(33)34)19(28)11-16)30-31(20-9-6-15(26)10-18(20)27)22(12)13-2-4-14(25)5-3-13/h2-11H,1H3,(H,29,32)(H,33,34). The van der Waals surface area contributed by atoms with Crippen molar-refractivity contribution in [3.05, 3.63) is 98.4 Å². The van der Waals surface area contributed by atoms with Crippen LogP contribution in [-0.2, 0) is 0 Å². The molecule has 4 rings (SSSR count). The number of benzene rings is 3. The summed E-state index contributed by atoms with van der Waals surface area (Å²) in [6.07, 6.45) is 0. The van der Waals surface area contributed by atoms with Gasteiger partial charge in [-0.05, 0) is 55.5 Å². The van der Waals surface area contributed by atoms with Gasteiger partial charge in [-0.15, -0.1) is 0 Å². The maximum absolute atomic E-state index is 14.1. The van der Waals surface area contributed by atoms with Crippen molar-refractivity contribution >= 4 is 52.4 Å². The van der Waals surface area contributed by atoms with Crippen molar-refractivity contribution in [3.63, 3.8) is 0 Å². The summed E-state index contributed by atoms with van der Waals surface area (Å²) < 4.78 is 15.6. The first-order valence-electron chi connectivity index (χ1n) is 9.81. The number of nitrogens with zero attached hydrogens (tertiary/aromatic N) is 2. The second kappa shape index (κ2) is 9.46. The van der Waals surface area contributed by atoms with Crippen LogP contribution in [0.4, 0.5) is 10.1 Å². The highest BCUT2D eigenvalue weighted by Crippen LogP contribution is 2.33. The van der Waals surface area contributed by atoms with Gasteiger partial charge in [0.1, 0.15) is 5.82 Å². The Kier molecular flexibility index (Phi) is 6.61. The van der Waals surface area contributed by atoms with E-state index in [0.717, 1.165) is 17.7 Å². The molecule has 0 spiro atoms. The zero-order chi connectivity index (χ0) is 24.6. The fourth-order valence-electron chi connectivity index (χ4n) is 3.44. The summed E-state index contributed by atoms with van der Waals surface area (Å²) in [4.78, 5) is 24.1. The molecule has 1 amide bonds. The number of nitrogens with one attached hydrogen (secondary N) is 1. The van der Waals surface area contributed by atoms with E-state index in [2.05, 4.69) is 10.4 Å². The van der Waals surface area contributed by atoms with Gasteiger partial charge in [0.15, 0.2) is 5.69 Å². The first-order chi connectivity index (χ1) is 16.2. The molecule has 0 saturated heterocycles. The molecule has 172 valence electrons. The molecule has 0 radical (unpaired) electrons. The topological polar surface area (TPSA) is 84.2 Å². The number of halogens is 4. The molecule has 1 aromatic heterocycles. The Morgan fingerprint density at radius 3 is 2.26 bits per heavy atom. The van der Waals surface area contributed by atoms with Crippen LogP contribution in [0.2, 0.25) is 15.1 Å².